The zero-order valence-corrected chi connectivity index (χ0v) is 12.9. The van der Waals surface area contributed by atoms with E-state index < -0.39 is 10.0 Å². The molecule has 1 aromatic rings. The number of carbonyl (C=O) groups excluding carboxylic acids is 1. The number of hydrogen-bond acceptors (Lipinski definition) is 5. The van der Waals surface area contributed by atoms with Gasteiger partial charge in [-0.2, -0.15) is 0 Å². The highest BCUT2D eigenvalue weighted by molar-refractivity contribution is 7.89. The molecule has 2 atom stereocenters. The van der Waals surface area contributed by atoms with Crippen molar-refractivity contribution in [2.45, 2.75) is 6.92 Å². The van der Waals surface area contributed by atoms with Crippen LogP contribution in [0.25, 0.3) is 0 Å². The molecule has 0 radical (unpaired) electrons. The highest BCUT2D eigenvalue weighted by atomic mass is 32.2. The van der Waals surface area contributed by atoms with Crippen LogP contribution >= 0.6 is 11.3 Å². The van der Waals surface area contributed by atoms with Crippen molar-refractivity contribution >= 4 is 27.3 Å². The van der Waals surface area contributed by atoms with E-state index >= 15 is 0 Å². The Morgan fingerprint density at radius 2 is 2.00 bits per heavy atom. The molecule has 110 valence electrons. The standard InChI is InChI=1S/C12H17N3O3S2/c1-2-20(17,18)15-5-9-3-14(4-10(9)6-15)12(16)11-7-19-8-13-11/h7-10H,2-6H2,1H3/t9-,10-/m0/s1. The zero-order valence-electron chi connectivity index (χ0n) is 11.2. The van der Waals surface area contributed by atoms with Crippen LogP contribution in [0.15, 0.2) is 10.9 Å². The van der Waals surface area contributed by atoms with Crippen LogP contribution in [0, 0.1) is 11.8 Å². The number of aromatic nitrogens is 1. The quantitative estimate of drug-likeness (QED) is 0.814. The Bertz CT molecular complexity index is 585. The maximum atomic E-state index is 12.2. The molecule has 2 fully saturated rings. The van der Waals surface area contributed by atoms with Crippen molar-refractivity contribution in [3.05, 3.63) is 16.6 Å². The number of carbonyl (C=O) groups is 1. The lowest BCUT2D eigenvalue weighted by Crippen LogP contribution is -2.36. The highest BCUT2D eigenvalue weighted by Crippen LogP contribution is 2.33. The normalized spacial score (nSPS) is 26.9. The van der Waals surface area contributed by atoms with Crippen LogP contribution in [0.3, 0.4) is 0 Å². The van der Waals surface area contributed by atoms with Gasteiger partial charge in [0.25, 0.3) is 5.91 Å². The molecule has 2 aliphatic rings. The van der Waals surface area contributed by atoms with Gasteiger partial charge < -0.3 is 4.90 Å². The molecule has 0 unspecified atom stereocenters. The van der Waals surface area contributed by atoms with Gasteiger partial charge in [0.1, 0.15) is 5.69 Å². The number of fused-ring (bicyclic) bond motifs is 1. The van der Waals surface area contributed by atoms with E-state index in [-0.39, 0.29) is 23.5 Å². The summed E-state index contributed by atoms with van der Waals surface area (Å²) in [5, 5.41) is 1.75. The third kappa shape index (κ3) is 2.36. The first-order valence-electron chi connectivity index (χ1n) is 6.66. The van der Waals surface area contributed by atoms with Gasteiger partial charge in [0, 0.05) is 31.6 Å². The zero-order chi connectivity index (χ0) is 14.3. The third-order valence-corrected chi connectivity index (χ3v) is 6.55. The lowest BCUT2D eigenvalue weighted by molar-refractivity contribution is 0.0774. The van der Waals surface area contributed by atoms with Gasteiger partial charge in [-0.05, 0) is 18.8 Å². The van der Waals surface area contributed by atoms with Crippen LogP contribution in [0.4, 0.5) is 0 Å². The number of rotatable bonds is 3. The van der Waals surface area contributed by atoms with E-state index in [1.165, 1.54) is 11.3 Å². The van der Waals surface area contributed by atoms with Gasteiger partial charge in [-0.15, -0.1) is 11.3 Å². The fraction of sp³-hybridized carbons (Fsp3) is 0.667. The summed E-state index contributed by atoms with van der Waals surface area (Å²) in [6, 6.07) is 0. The maximum Gasteiger partial charge on any atom is 0.273 e. The van der Waals surface area contributed by atoms with Crippen molar-refractivity contribution in [2.75, 3.05) is 31.9 Å². The minimum absolute atomic E-state index is 0.0365. The van der Waals surface area contributed by atoms with Gasteiger partial charge in [-0.1, -0.05) is 0 Å². The van der Waals surface area contributed by atoms with E-state index in [2.05, 4.69) is 4.98 Å². The Kier molecular flexibility index (Phi) is 3.55. The van der Waals surface area contributed by atoms with Crippen molar-refractivity contribution < 1.29 is 13.2 Å². The summed E-state index contributed by atoms with van der Waals surface area (Å²) >= 11 is 1.41. The summed E-state index contributed by atoms with van der Waals surface area (Å²) in [5.74, 6) is 0.636. The number of thiazole rings is 1. The molecule has 8 heteroatoms. The van der Waals surface area contributed by atoms with Crippen LogP contribution in [0.2, 0.25) is 0 Å². The van der Waals surface area contributed by atoms with Crippen LogP contribution in [0.5, 0.6) is 0 Å². The second kappa shape index (κ2) is 5.09. The molecule has 3 heterocycles. The van der Waals surface area contributed by atoms with Gasteiger partial charge in [0.2, 0.25) is 10.0 Å². The van der Waals surface area contributed by atoms with Gasteiger partial charge in [-0.3, -0.25) is 4.79 Å². The monoisotopic (exact) mass is 315 g/mol. The van der Waals surface area contributed by atoms with Crippen LogP contribution < -0.4 is 0 Å². The van der Waals surface area contributed by atoms with Gasteiger partial charge in [0.15, 0.2) is 0 Å². The molecular weight excluding hydrogens is 298 g/mol. The minimum Gasteiger partial charge on any atom is -0.337 e. The van der Waals surface area contributed by atoms with E-state index in [1.54, 1.807) is 27.0 Å². The van der Waals surface area contributed by atoms with Gasteiger partial charge in [-0.25, -0.2) is 17.7 Å². The van der Waals surface area contributed by atoms with Crippen molar-refractivity contribution in [1.82, 2.24) is 14.2 Å². The fourth-order valence-corrected chi connectivity index (χ4v) is 4.73. The van der Waals surface area contributed by atoms with Crippen molar-refractivity contribution in [2.24, 2.45) is 11.8 Å². The Labute approximate surface area is 122 Å². The van der Waals surface area contributed by atoms with Crippen molar-refractivity contribution in [3.8, 4) is 0 Å². The predicted octanol–water partition coefficient (Wildman–Crippen LogP) is 0.497. The molecule has 0 aliphatic carbocycles. The van der Waals surface area contributed by atoms with Crippen molar-refractivity contribution in [1.29, 1.82) is 0 Å². The molecule has 0 aromatic carbocycles. The summed E-state index contributed by atoms with van der Waals surface area (Å²) in [4.78, 5) is 18.1. The van der Waals surface area contributed by atoms with Gasteiger partial charge >= 0.3 is 0 Å². The second-order valence-corrected chi connectivity index (χ2v) is 8.30. The molecule has 1 aromatic heterocycles. The topological polar surface area (TPSA) is 70.6 Å². The number of sulfonamides is 1. The third-order valence-electron chi connectivity index (χ3n) is 4.15. The summed E-state index contributed by atoms with van der Waals surface area (Å²) in [6.07, 6.45) is 0. The van der Waals surface area contributed by atoms with Crippen LogP contribution in [0.1, 0.15) is 17.4 Å². The highest BCUT2D eigenvalue weighted by Gasteiger charge is 2.44. The van der Waals surface area contributed by atoms with Crippen LogP contribution in [-0.2, 0) is 10.0 Å². The summed E-state index contributed by atoms with van der Waals surface area (Å²) in [7, 11) is -3.10. The molecule has 6 nitrogen and oxygen atoms in total. The largest absolute Gasteiger partial charge is 0.337 e. The number of amides is 1. The molecule has 0 bridgehead atoms. The second-order valence-electron chi connectivity index (χ2n) is 5.32. The fourth-order valence-electron chi connectivity index (χ4n) is 3.01. The summed E-state index contributed by atoms with van der Waals surface area (Å²) in [6.45, 7) is 4.03. The van der Waals surface area contributed by atoms with Gasteiger partial charge in [0.05, 0.1) is 11.3 Å². The van der Waals surface area contributed by atoms with Crippen LogP contribution in [-0.4, -0.2) is 60.4 Å². The summed E-state index contributed by atoms with van der Waals surface area (Å²) < 4.78 is 25.3. The molecule has 20 heavy (non-hydrogen) atoms. The first-order chi connectivity index (χ1) is 9.51. The van der Waals surface area contributed by atoms with E-state index in [4.69, 9.17) is 0 Å². The smallest absolute Gasteiger partial charge is 0.273 e. The molecule has 2 saturated heterocycles. The molecular formula is C12H17N3O3S2. The number of likely N-dealkylation sites (tertiary alicyclic amines) is 1. The molecule has 0 saturated carbocycles. The first kappa shape index (κ1) is 14.0. The Hall–Kier alpha value is -0.990. The van der Waals surface area contributed by atoms with E-state index in [0.29, 0.717) is 31.9 Å². The summed E-state index contributed by atoms with van der Waals surface area (Å²) in [5.41, 5.74) is 2.15. The number of hydrogen-bond donors (Lipinski definition) is 0. The number of nitrogens with zero attached hydrogens (tertiary/aromatic N) is 3. The maximum absolute atomic E-state index is 12.2. The Balaban J connectivity index is 1.66. The van der Waals surface area contributed by atoms with E-state index in [1.807, 2.05) is 0 Å². The van der Waals surface area contributed by atoms with Crippen molar-refractivity contribution in [3.63, 3.8) is 0 Å². The minimum atomic E-state index is -3.10. The lowest BCUT2D eigenvalue weighted by Gasteiger charge is -2.20. The van der Waals surface area contributed by atoms with E-state index in [0.717, 1.165) is 0 Å². The molecule has 0 N–H and O–H groups in total. The first-order valence-corrected chi connectivity index (χ1v) is 9.21. The molecule has 2 aliphatic heterocycles. The molecule has 0 spiro atoms. The lowest BCUT2D eigenvalue weighted by atomic mass is 10.0. The molecule has 3 rings (SSSR count). The SMILES string of the molecule is CCS(=O)(=O)N1C[C@@H]2CN(C(=O)c3cscn3)C[C@H]2C1. The van der Waals surface area contributed by atoms with E-state index in [9.17, 15) is 13.2 Å². The average Bonchev–Trinajstić information content (AvgIpc) is 3.12. The average molecular weight is 315 g/mol. The molecule has 1 amide bonds. The predicted molar refractivity (Wildman–Crippen MR) is 76.0 cm³/mol. The Morgan fingerprint density at radius 1 is 1.35 bits per heavy atom. The Morgan fingerprint density at radius 3 is 2.50 bits per heavy atom.